The average Bonchev–Trinajstić information content (AvgIpc) is 2.19. The molecule has 1 unspecified atom stereocenters. The number of aryl methyl sites for hydroxylation is 2. The van der Waals surface area contributed by atoms with Crippen molar-refractivity contribution in [2.75, 3.05) is 0 Å². The first-order valence-corrected chi connectivity index (χ1v) is 5.17. The third-order valence-electron chi connectivity index (χ3n) is 2.72. The van der Waals surface area contributed by atoms with Crippen LogP contribution in [0, 0.1) is 19.8 Å². The summed E-state index contributed by atoms with van der Waals surface area (Å²) in [5.41, 5.74) is 3.13. The molecule has 76 valence electrons. The van der Waals surface area contributed by atoms with Crippen LogP contribution in [0.25, 0.3) is 0 Å². The van der Waals surface area contributed by atoms with E-state index in [0.717, 1.165) is 23.1 Å². The minimum atomic E-state index is 0.135. The van der Waals surface area contributed by atoms with Crippen molar-refractivity contribution in [2.45, 2.75) is 34.1 Å². The Kier molecular flexibility index (Phi) is 3.45. The Morgan fingerprint density at radius 2 is 2.00 bits per heavy atom. The SMILES string of the molecule is CCC(C)C(=O)c1cc(C)ccc1C. The molecular formula is C13H18O. The molecular weight excluding hydrogens is 172 g/mol. The maximum atomic E-state index is 11.9. The molecule has 0 saturated heterocycles. The minimum Gasteiger partial charge on any atom is -0.294 e. The Labute approximate surface area is 86.1 Å². The van der Waals surface area contributed by atoms with Gasteiger partial charge in [-0.1, -0.05) is 31.5 Å². The molecule has 0 amide bonds. The first kappa shape index (κ1) is 11.0. The molecule has 0 N–H and O–H groups in total. The molecule has 0 saturated carbocycles. The molecule has 0 radical (unpaired) electrons. The van der Waals surface area contributed by atoms with Gasteiger partial charge in [0.15, 0.2) is 5.78 Å². The summed E-state index contributed by atoms with van der Waals surface area (Å²) in [6, 6.07) is 6.05. The van der Waals surface area contributed by atoms with Gasteiger partial charge in [-0.25, -0.2) is 0 Å². The van der Waals surface area contributed by atoms with Crippen molar-refractivity contribution in [3.05, 3.63) is 34.9 Å². The van der Waals surface area contributed by atoms with E-state index in [0.29, 0.717) is 0 Å². The molecule has 0 bridgehead atoms. The highest BCUT2D eigenvalue weighted by Crippen LogP contribution is 2.17. The quantitative estimate of drug-likeness (QED) is 0.666. The van der Waals surface area contributed by atoms with Gasteiger partial charge >= 0.3 is 0 Å². The number of hydrogen-bond donors (Lipinski definition) is 0. The number of benzene rings is 1. The van der Waals surface area contributed by atoms with E-state index in [9.17, 15) is 4.79 Å². The van der Waals surface area contributed by atoms with Crippen LogP contribution in [0.15, 0.2) is 18.2 Å². The molecule has 0 aliphatic rings. The van der Waals surface area contributed by atoms with Gasteiger partial charge in [-0.2, -0.15) is 0 Å². The predicted octanol–water partition coefficient (Wildman–Crippen LogP) is 3.53. The van der Waals surface area contributed by atoms with Gasteiger partial charge in [0.25, 0.3) is 0 Å². The highest BCUT2D eigenvalue weighted by atomic mass is 16.1. The first-order chi connectivity index (χ1) is 6.56. The van der Waals surface area contributed by atoms with E-state index in [2.05, 4.69) is 0 Å². The zero-order chi connectivity index (χ0) is 10.7. The molecule has 1 heteroatoms. The van der Waals surface area contributed by atoms with Gasteiger partial charge in [-0.15, -0.1) is 0 Å². The maximum Gasteiger partial charge on any atom is 0.165 e. The Hall–Kier alpha value is -1.11. The van der Waals surface area contributed by atoms with E-state index in [4.69, 9.17) is 0 Å². The number of rotatable bonds is 3. The van der Waals surface area contributed by atoms with E-state index in [-0.39, 0.29) is 11.7 Å². The Morgan fingerprint density at radius 1 is 1.36 bits per heavy atom. The lowest BCUT2D eigenvalue weighted by Crippen LogP contribution is -2.11. The van der Waals surface area contributed by atoms with Crippen molar-refractivity contribution >= 4 is 5.78 Å². The molecule has 1 aromatic rings. The molecule has 0 fully saturated rings. The molecule has 1 aromatic carbocycles. The second kappa shape index (κ2) is 4.41. The fourth-order valence-electron chi connectivity index (χ4n) is 1.45. The van der Waals surface area contributed by atoms with E-state index in [1.165, 1.54) is 0 Å². The third-order valence-corrected chi connectivity index (χ3v) is 2.72. The van der Waals surface area contributed by atoms with Gasteiger partial charge in [0.2, 0.25) is 0 Å². The molecule has 1 rings (SSSR count). The van der Waals surface area contributed by atoms with Crippen LogP contribution in [-0.2, 0) is 0 Å². The Bertz CT molecular complexity index is 339. The lowest BCUT2D eigenvalue weighted by atomic mass is 9.93. The highest BCUT2D eigenvalue weighted by molar-refractivity contribution is 5.99. The van der Waals surface area contributed by atoms with Crippen LogP contribution < -0.4 is 0 Å². The molecule has 0 aliphatic carbocycles. The number of carbonyl (C=O) groups is 1. The van der Waals surface area contributed by atoms with Crippen LogP contribution in [0.2, 0.25) is 0 Å². The topological polar surface area (TPSA) is 17.1 Å². The predicted molar refractivity (Wildman–Crippen MR) is 59.7 cm³/mol. The zero-order valence-electron chi connectivity index (χ0n) is 9.42. The summed E-state index contributed by atoms with van der Waals surface area (Å²) in [6.45, 7) is 8.06. The molecule has 1 nitrogen and oxygen atoms in total. The van der Waals surface area contributed by atoms with Crippen LogP contribution in [-0.4, -0.2) is 5.78 Å². The highest BCUT2D eigenvalue weighted by Gasteiger charge is 2.14. The second-order valence-electron chi connectivity index (χ2n) is 3.99. The standard InChI is InChI=1S/C13H18O/c1-5-10(3)13(14)12-8-9(2)6-7-11(12)4/h6-8,10H,5H2,1-4H3. The van der Waals surface area contributed by atoms with Crippen molar-refractivity contribution in [1.82, 2.24) is 0 Å². The van der Waals surface area contributed by atoms with Crippen LogP contribution in [0.1, 0.15) is 41.8 Å². The summed E-state index contributed by atoms with van der Waals surface area (Å²) in [5, 5.41) is 0. The van der Waals surface area contributed by atoms with E-state index in [1.807, 2.05) is 45.9 Å². The first-order valence-electron chi connectivity index (χ1n) is 5.17. The number of ketones is 1. The summed E-state index contributed by atoms with van der Waals surface area (Å²) >= 11 is 0. The van der Waals surface area contributed by atoms with E-state index in [1.54, 1.807) is 0 Å². The summed E-state index contributed by atoms with van der Waals surface area (Å²) in [6.07, 6.45) is 0.909. The van der Waals surface area contributed by atoms with E-state index >= 15 is 0 Å². The summed E-state index contributed by atoms with van der Waals surface area (Å²) in [5.74, 6) is 0.407. The lowest BCUT2D eigenvalue weighted by Gasteiger charge is -2.10. The molecule has 0 aromatic heterocycles. The summed E-state index contributed by atoms with van der Waals surface area (Å²) in [4.78, 5) is 11.9. The average molecular weight is 190 g/mol. The zero-order valence-corrected chi connectivity index (χ0v) is 9.42. The van der Waals surface area contributed by atoms with E-state index < -0.39 is 0 Å². The third kappa shape index (κ3) is 2.22. The van der Waals surface area contributed by atoms with Gasteiger partial charge in [-0.3, -0.25) is 4.79 Å². The van der Waals surface area contributed by atoms with Crippen molar-refractivity contribution < 1.29 is 4.79 Å². The largest absolute Gasteiger partial charge is 0.294 e. The van der Waals surface area contributed by atoms with Crippen LogP contribution in [0.4, 0.5) is 0 Å². The fraction of sp³-hybridized carbons (Fsp3) is 0.462. The normalized spacial score (nSPS) is 12.6. The molecule has 1 atom stereocenters. The van der Waals surface area contributed by atoms with Crippen LogP contribution >= 0.6 is 0 Å². The molecule has 0 heterocycles. The summed E-state index contributed by atoms with van der Waals surface area (Å²) < 4.78 is 0. The lowest BCUT2D eigenvalue weighted by molar-refractivity contribution is 0.0926. The summed E-state index contributed by atoms with van der Waals surface area (Å²) in [7, 11) is 0. The van der Waals surface area contributed by atoms with Crippen molar-refractivity contribution in [2.24, 2.45) is 5.92 Å². The van der Waals surface area contributed by atoms with Crippen LogP contribution in [0.5, 0.6) is 0 Å². The number of Topliss-reactive ketones (excluding diaryl/α,β-unsaturated/α-hetero) is 1. The Balaban J connectivity index is 3.06. The van der Waals surface area contributed by atoms with Gasteiger partial charge in [0.1, 0.15) is 0 Å². The fourth-order valence-corrected chi connectivity index (χ4v) is 1.45. The maximum absolute atomic E-state index is 11.9. The number of carbonyl (C=O) groups excluding carboxylic acids is 1. The van der Waals surface area contributed by atoms with Crippen molar-refractivity contribution in [3.8, 4) is 0 Å². The van der Waals surface area contributed by atoms with Crippen molar-refractivity contribution in [3.63, 3.8) is 0 Å². The minimum absolute atomic E-state index is 0.135. The van der Waals surface area contributed by atoms with Crippen LogP contribution in [0.3, 0.4) is 0 Å². The van der Waals surface area contributed by atoms with Crippen molar-refractivity contribution in [1.29, 1.82) is 0 Å². The molecule has 0 aliphatic heterocycles. The van der Waals surface area contributed by atoms with Gasteiger partial charge < -0.3 is 0 Å². The van der Waals surface area contributed by atoms with Gasteiger partial charge in [-0.05, 0) is 31.9 Å². The Morgan fingerprint density at radius 3 is 2.57 bits per heavy atom. The van der Waals surface area contributed by atoms with Gasteiger partial charge in [0.05, 0.1) is 0 Å². The molecule has 14 heavy (non-hydrogen) atoms. The second-order valence-corrected chi connectivity index (χ2v) is 3.99. The molecule has 0 spiro atoms. The van der Waals surface area contributed by atoms with Gasteiger partial charge in [0, 0.05) is 11.5 Å². The number of hydrogen-bond acceptors (Lipinski definition) is 1. The monoisotopic (exact) mass is 190 g/mol. The smallest absolute Gasteiger partial charge is 0.165 e.